The fourth-order valence-electron chi connectivity index (χ4n) is 2.11. The van der Waals surface area contributed by atoms with Gasteiger partial charge >= 0.3 is 0 Å². The molecule has 3 heteroatoms. The maximum absolute atomic E-state index is 9.83. The van der Waals surface area contributed by atoms with Crippen molar-refractivity contribution >= 4 is 11.8 Å². The molecule has 0 saturated heterocycles. The summed E-state index contributed by atoms with van der Waals surface area (Å²) >= 11 is 1.81. The maximum atomic E-state index is 9.83. The minimum Gasteiger partial charge on any atom is -0.391 e. The van der Waals surface area contributed by atoms with Crippen LogP contribution in [-0.4, -0.2) is 29.5 Å². The summed E-state index contributed by atoms with van der Waals surface area (Å²) in [7, 11) is 0. The Morgan fingerprint density at radius 2 is 1.94 bits per heavy atom. The summed E-state index contributed by atoms with van der Waals surface area (Å²) in [4.78, 5) is 0. The van der Waals surface area contributed by atoms with Gasteiger partial charge in [0.25, 0.3) is 0 Å². The van der Waals surface area contributed by atoms with Gasteiger partial charge < -0.3 is 10.4 Å². The van der Waals surface area contributed by atoms with E-state index in [1.165, 1.54) is 29.5 Å². The zero-order valence-corrected chi connectivity index (χ0v) is 12.1. The van der Waals surface area contributed by atoms with Crippen LogP contribution in [0.2, 0.25) is 0 Å². The van der Waals surface area contributed by atoms with Crippen LogP contribution in [0.5, 0.6) is 0 Å². The van der Waals surface area contributed by atoms with Crippen LogP contribution in [0.25, 0.3) is 0 Å². The predicted octanol–water partition coefficient (Wildman–Crippen LogP) is 2.65. The number of rotatable bonds is 7. The van der Waals surface area contributed by atoms with E-state index >= 15 is 0 Å². The molecular weight excluding hydrogens is 242 g/mol. The molecule has 0 aromatic heterocycles. The smallest absolute Gasteiger partial charge is 0.0755 e. The van der Waals surface area contributed by atoms with Crippen LogP contribution in [0.1, 0.15) is 29.5 Å². The third-order valence-electron chi connectivity index (χ3n) is 3.08. The lowest BCUT2D eigenvalue weighted by Crippen LogP contribution is -2.29. The molecule has 1 unspecified atom stereocenters. The van der Waals surface area contributed by atoms with Crippen molar-refractivity contribution in [3.8, 4) is 0 Å². The summed E-state index contributed by atoms with van der Waals surface area (Å²) in [6.45, 7) is 5.01. The zero-order valence-electron chi connectivity index (χ0n) is 11.3. The summed E-state index contributed by atoms with van der Waals surface area (Å²) in [5.74, 6) is 1.80. The SMILES string of the molecule is Cc1cc(C)cc(CSCC(O)CNC2CC2)c1. The van der Waals surface area contributed by atoms with Gasteiger partial charge in [-0.1, -0.05) is 29.3 Å². The molecule has 2 rings (SSSR count). The number of aryl methyl sites for hydroxylation is 2. The van der Waals surface area contributed by atoms with Gasteiger partial charge in [-0.3, -0.25) is 0 Å². The predicted molar refractivity (Wildman–Crippen MR) is 79.1 cm³/mol. The Labute approximate surface area is 114 Å². The highest BCUT2D eigenvalue weighted by Crippen LogP contribution is 2.19. The average Bonchev–Trinajstić information content (AvgIpc) is 3.08. The second-order valence-electron chi connectivity index (χ2n) is 5.35. The largest absolute Gasteiger partial charge is 0.391 e. The molecule has 1 aromatic carbocycles. The van der Waals surface area contributed by atoms with Crippen LogP contribution < -0.4 is 5.32 Å². The minimum absolute atomic E-state index is 0.221. The Bertz CT molecular complexity index is 370. The molecule has 1 aliphatic carbocycles. The van der Waals surface area contributed by atoms with Crippen LogP contribution >= 0.6 is 11.8 Å². The van der Waals surface area contributed by atoms with Gasteiger partial charge in [-0.2, -0.15) is 11.8 Å². The van der Waals surface area contributed by atoms with Crippen LogP contribution in [-0.2, 0) is 5.75 Å². The van der Waals surface area contributed by atoms with E-state index in [1.54, 1.807) is 0 Å². The molecule has 2 N–H and O–H groups in total. The number of thioether (sulfide) groups is 1. The van der Waals surface area contributed by atoms with E-state index in [2.05, 4.69) is 37.4 Å². The summed E-state index contributed by atoms with van der Waals surface area (Å²) in [6, 6.07) is 7.34. The average molecular weight is 265 g/mol. The summed E-state index contributed by atoms with van der Waals surface area (Å²) in [5.41, 5.74) is 4.00. The molecule has 100 valence electrons. The molecule has 0 amide bonds. The van der Waals surface area contributed by atoms with Gasteiger partial charge in [0.05, 0.1) is 6.10 Å². The van der Waals surface area contributed by atoms with Gasteiger partial charge in [0.15, 0.2) is 0 Å². The lowest BCUT2D eigenvalue weighted by atomic mass is 10.1. The highest BCUT2D eigenvalue weighted by molar-refractivity contribution is 7.98. The van der Waals surface area contributed by atoms with Crippen LogP contribution in [0.3, 0.4) is 0 Å². The Kier molecular flexibility index (Phi) is 5.10. The Morgan fingerprint density at radius 3 is 2.56 bits per heavy atom. The molecule has 0 bridgehead atoms. The third-order valence-corrected chi connectivity index (χ3v) is 4.24. The minimum atomic E-state index is -0.221. The molecular formula is C15H23NOS. The number of hydrogen-bond donors (Lipinski definition) is 2. The van der Waals surface area contributed by atoms with Crippen molar-refractivity contribution in [2.24, 2.45) is 0 Å². The maximum Gasteiger partial charge on any atom is 0.0755 e. The molecule has 18 heavy (non-hydrogen) atoms. The summed E-state index contributed by atoms with van der Waals surface area (Å²) in [5, 5.41) is 13.2. The number of benzene rings is 1. The molecule has 1 aromatic rings. The molecule has 0 aliphatic heterocycles. The van der Waals surface area contributed by atoms with Gasteiger partial charge in [-0.25, -0.2) is 0 Å². The van der Waals surface area contributed by atoms with E-state index in [1.807, 2.05) is 11.8 Å². The van der Waals surface area contributed by atoms with Crippen LogP contribution in [0.15, 0.2) is 18.2 Å². The van der Waals surface area contributed by atoms with Crippen molar-refractivity contribution in [2.45, 2.75) is 44.6 Å². The second-order valence-corrected chi connectivity index (χ2v) is 6.38. The standard InChI is InChI=1S/C15H23NOS/c1-11-5-12(2)7-13(6-11)9-18-10-15(17)8-16-14-3-4-14/h5-7,14-17H,3-4,8-10H2,1-2H3. The van der Waals surface area contributed by atoms with E-state index in [-0.39, 0.29) is 6.10 Å². The van der Waals surface area contributed by atoms with Gasteiger partial charge in [-0.15, -0.1) is 0 Å². The molecule has 1 saturated carbocycles. The Hall–Kier alpha value is -0.510. The zero-order chi connectivity index (χ0) is 13.0. The topological polar surface area (TPSA) is 32.3 Å². The lowest BCUT2D eigenvalue weighted by Gasteiger charge is -2.11. The molecule has 2 nitrogen and oxygen atoms in total. The van der Waals surface area contributed by atoms with E-state index in [9.17, 15) is 5.11 Å². The first kappa shape index (κ1) is 13.9. The number of aliphatic hydroxyl groups is 1. The summed E-state index contributed by atoms with van der Waals surface area (Å²) in [6.07, 6.45) is 2.34. The van der Waals surface area contributed by atoms with Gasteiger partial charge in [-0.05, 0) is 32.3 Å². The molecule has 1 aliphatic rings. The Morgan fingerprint density at radius 1 is 1.28 bits per heavy atom. The fourth-order valence-corrected chi connectivity index (χ4v) is 3.02. The first-order chi connectivity index (χ1) is 8.63. The van der Waals surface area contributed by atoms with Crippen LogP contribution in [0, 0.1) is 13.8 Å². The summed E-state index contributed by atoms with van der Waals surface area (Å²) < 4.78 is 0. The third kappa shape index (κ3) is 5.01. The van der Waals surface area contributed by atoms with Gasteiger partial charge in [0.2, 0.25) is 0 Å². The van der Waals surface area contributed by atoms with Crippen LogP contribution in [0.4, 0.5) is 0 Å². The quantitative estimate of drug-likeness (QED) is 0.795. The van der Waals surface area contributed by atoms with Crippen molar-refractivity contribution in [3.63, 3.8) is 0 Å². The highest BCUT2D eigenvalue weighted by Gasteiger charge is 2.21. The first-order valence-electron chi connectivity index (χ1n) is 6.70. The second kappa shape index (κ2) is 6.60. The van der Waals surface area contributed by atoms with E-state index in [0.717, 1.165) is 18.1 Å². The lowest BCUT2D eigenvalue weighted by molar-refractivity contribution is 0.195. The Balaban J connectivity index is 1.66. The molecule has 0 heterocycles. The van der Waals surface area contributed by atoms with Gasteiger partial charge in [0, 0.05) is 24.1 Å². The molecule has 1 fully saturated rings. The van der Waals surface area contributed by atoms with Crippen molar-refractivity contribution in [1.82, 2.24) is 5.32 Å². The number of hydrogen-bond acceptors (Lipinski definition) is 3. The highest BCUT2D eigenvalue weighted by atomic mass is 32.2. The molecule has 1 atom stereocenters. The normalized spacial score (nSPS) is 16.8. The van der Waals surface area contributed by atoms with E-state index in [4.69, 9.17) is 0 Å². The van der Waals surface area contributed by atoms with Gasteiger partial charge in [0.1, 0.15) is 0 Å². The monoisotopic (exact) mass is 265 g/mol. The number of nitrogens with one attached hydrogen (secondary N) is 1. The first-order valence-corrected chi connectivity index (χ1v) is 7.85. The number of aliphatic hydroxyl groups excluding tert-OH is 1. The fraction of sp³-hybridized carbons (Fsp3) is 0.600. The molecule has 0 radical (unpaired) electrons. The molecule has 0 spiro atoms. The van der Waals surface area contributed by atoms with Crippen molar-refractivity contribution in [1.29, 1.82) is 0 Å². The van der Waals surface area contributed by atoms with Crippen molar-refractivity contribution < 1.29 is 5.11 Å². The van der Waals surface area contributed by atoms with E-state index < -0.39 is 0 Å². The van der Waals surface area contributed by atoms with Crippen molar-refractivity contribution in [2.75, 3.05) is 12.3 Å². The van der Waals surface area contributed by atoms with E-state index in [0.29, 0.717) is 6.04 Å². The van der Waals surface area contributed by atoms with Crippen molar-refractivity contribution in [3.05, 3.63) is 34.9 Å².